The summed E-state index contributed by atoms with van der Waals surface area (Å²) in [5.74, 6) is -4.71. The molecule has 2 aromatic carbocycles. The molecule has 0 aliphatic heterocycles. The molecule has 0 spiro atoms. The summed E-state index contributed by atoms with van der Waals surface area (Å²) in [6.45, 7) is 0.173. The lowest BCUT2D eigenvalue weighted by atomic mass is 10.0. The Bertz CT molecular complexity index is 1730. The van der Waals surface area contributed by atoms with Crippen LogP contribution >= 0.6 is 0 Å². The summed E-state index contributed by atoms with van der Waals surface area (Å²) >= 11 is 0. The van der Waals surface area contributed by atoms with E-state index in [2.05, 4.69) is 10.1 Å². The SMILES string of the molecule is CCn1cc(-c2ccncc2)c(-c2c(F)ccc(N(COC(=O)N(C)CC(=O)O)S(=O)(=O)c3cccc(F)c3)c2F)n1. The van der Waals surface area contributed by atoms with Crippen molar-refractivity contribution in [1.29, 1.82) is 0 Å². The van der Waals surface area contributed by atoms with Crippen molar-refractivity contribution >= 4 is 27.8 Å². The lowest BCUT2D eigenvalue weighted by Crippen LogP contribution is -2.39. The van der Waals surface area contributed by atoms with Crippen LogP contribution in [-0.4, -0.2) is 65.6 Å². The number of sulfonamides is 1. The molecule has 220 valence electrons. The molecule has 0 atom stereocenters. The Balaban J connectivity index is 1.87. The third kappa shape index (κ3) is 6.20. The van der Waals surface area contributed by atoms with Crippen molar-refractivity contribution in [2.45, 2.75) is 18.4 Å². The number of ether oxygens (including phenoxy) is 1. The predicted molar refractivity (Wildman–Crippen MR) is 144 cm³/mol. The second kappa shape index (κ2) is 12.3. The molecule has 0 radical (unpaired) electrons. The first-order valence-electron chi connectivity index (χ1n) is 12.3. The van der Waals surface area contributed by atoms with Gasteiger partial charge in [-0.15, -0.1) is 0 Å². The summed E-state index contributed by atoms with van der Waals surface area (Å²) in [5.41, 5.74) is -0.684. The van der Waals surface area contributed by atoms with E-state index in [1.54, 1.807) is 25.3 Å². The number of carboxylic acid groups (broad SMARTS) is 1. The van der Waals surface area contributed by atoms with E-state index >= 15 is 8.78 Å². The summed E-state index contributed by atoms with van der Waals surface area (Å²) in [5, 5.41) is 13.2. The second-order valence-electron chi connectivity index (χ2n) is 8.84. The van der Waals surface area contributed by atoms with Gasteiger partial charge in [0.1, 0.15) is 23.9 Å². The van der Waals surface area contributed by atoms with Crippen LogP contribution in [0.1, 0.15) is 6.92 Å². The Morgan fingerprint density at radius 1 is 1.07 bits per heavy atom. The lowest BCUT2D eigenvalue weighted by molar-refractivity contribution is -0.137. The zero-order chi connectivity index (χ0) is 30.6. The molecule has 0 saturated carbocycles. The number of carbonyl (C=O) groups is 2. The molecule has 2 heterocycles. The number of pyridine rings is 1. The highest BCUT2D eigenvalue weighted by molar-refractivity contribution is 7.92. The Kier molecular flexibility index (Phi) is 8.80. The first kappa shape index (κ1) is 30.0. The van der Waals surface area contributed by atoms with Crippen LogP contribution in [0.2, 0.25) is 0 Å². The monoisotopic (exact) mass is 603 g/mol. The maximum atomic E-state index is 16.3. The molecule has 0 aliphatic carbocycles. The van der Waals surface area contributed by atoms with Gasteiger partial charge < -0.3 is 14.7 Å². The molecule has 42 heavy (non-hydrogen) atoms. The number of benzene rings is 2. The number of halogens is 3. The minimum atomic E-state index is -4.83. The summed E-state index contributed by atoms with van der Waals surface area (Å²) in [7, 11) is -3.75. The van der Waals surface area contributed by atoms with E-state index in [-0.39, 0.29) is 5.69 Å². The number of anilines is 1. The Morgan fingerprint density at radius 2 is 1.79 bits per heavy atom. The van der Waals surface area contributed by atoms with E-state index in [4.69, 9.17) is 9.84 Å². The number of aromatic nitrogens is 3. The van der Waals surface area contributed by atoms with E-state index in [1.165, 1.54) is 17.1 Å². The predicted octanol–water partition coefficient (Wildman–Crippen LogP) is 4.36. The van der Waals surface area contributed by atoms with Crippen LogP contribution in [0.15, 0.2) is 72.0 Å². The Hall–Kier alpha value is -4.92. The largest absolute Gasteiger partial charge is 0.480 e. The van der Waals surface area contributed by atoms with Crippen LogP contribution in [0.25, 0.3) is 22.4 Å². The van der Waals surface area contributed by atoms with Crippen molar-refractivity contribution in [2.75, 3.05) is 24.6 Å². The molecule has 15 heteroatoms. The summed E-state index contributed by atoms with van der Waals surface area (Å²) in [6.07, 6.45) is 3.28. The Morgan fingerprint density at radius 3 is 2.43 bits per heavy atom. The molecule has 0 fully saturated rings. The zero-order valence-electron chi connectivity index (χ0n) is 22.2. The van der Waals surface area contributed by atoms with E-state index in [0.29, 0.717) is 32.9 Å². The van der Waals surface area contributed by atoms with Crippen molar-refractivity contribution in [3.05, 3.63) is 84.6 Å². The average Bonchev–Trinajstić information content (AvgIpc) is 3.38. The number of carbonyl (C=O) groups excluding carboxylic acids is 1. The van der Waals surface area contributed by atoms with Crippen molar-refractivity contribution in [2.24, 2.45) is 0 Å². The highest BCUT2D eigenvalue weighted by Gasteiger charge is 2.32. The van der Waals surface area contributed by atoms with Crippen LogP contribution in [0.5, 0.6) is 0 Å². The van der Waals surface area contributed by atoms with Crippen molar-refractivity contribution in [3.63, 3.8) is 0 Å². The normalized spacial score (nSPS) is 11.3. The number of carboxylic acids is 1. The van der Waals surface area contributed by atoms with Crippen molar-refractivity contribution in [1.82, 2.24) is 19.7 Å². The number of likely N-dealkylation sites (N-methyl/N-ethyl adjacent to an activating group) is 1. The average molecular weight is 604 g/mol. The quantitative estimate of drug-likeness (QED) is 0.264. The van der Waals surface area contributed by atoms with Gasteiger partial charge in [0, 0.05) is 37.7 Å². The third-order valence-electron chi connectivity index (χ3n) is 6.03. The molecular weight excluding hydrogens is 579 g/mol. The van der Waals surface area contributed by atoms with Gasteiger partial charge in [-0.25, -0.2) is 30.7 Å². The molecule has 0 saturated heterocycles. The van der Waals surface area contributed by atoms with Crippen LogP contribution in [0, 0.1) is 17.5 Å². The fraction of sp³-hybridized carbons (Fsp3) is 0.185. The van der Waals surface area contributed by atoms with Gasteiger partial charge in [0.25, 0.3) is 10.0 Å². The molecular formula is C27H24F3N5O6S. The minimum Gasteiger partial charge on any atom is -0.480 e. The fourth-order valence-electron chi connectivity index (χ4n) is 3.98. The van der Waals surface area contributed by atoms with Crippen LogP contribution in [-0.2, 0) is 26.1 Å². The second-order valence-corrected chi connectivity index (χ2v) is 10.7. The standard InChI is InChI=1S/C27H24F3N5O6S/c1-3-34-14-20(17-9-11-31-12-10-17)26(32-34)24-21(29)7-8-22(25(24)30)35(16-41-27(38)33(2)15-23(36)37)42(39,40)19-6-4-5-18(28)13-19/h4-14H,3,15-16H2,1-2H3,(H,36,37). The topological polar surface area (TPSA) is 135 Å². The van der Waals surface area contributed by atoms with Gasteiger partial charge in [0.2, 0.25) is 0 Å². The van der Waals surface area contributed by atoms with Crippen LogP contribution in [0.4, 0.5) is 23.7 Å². The number of nitrogens with zero attached hydrogens (tertiary/aromatic N) is 5. The van der Waals surface area contributed by atoms with Crippen LogP contribution in [0.3, 0.4) is 0 Å². The molecule has 0 aliphatic rings. The van der Waals surface area contributed by atoms with E-state index in [0.717, 1.165) is 37.4 Å². The first-order valence-corrected chi connectivity index (χ1v) is 13.7. The Labute approximate surface area is 238 Å². The molecule has 4 aromatic rings. The van der Waals surface area contributed by atoms with Crippen molar-refractivity contribution in [3.8, 4) is 22.4 Å². The number of aliphatic carboxylic acids is 1. The maximum Gasteiger partial charge on any atom is 0.411 e. The molecule has 0 bridgehead atoms. The number of amides is 1. The maximum absolute atomic E-state index is 16.3. The number of hydrogen-bond donors (Lipinski definition) is 1. The number of hydrogen-bond acceptors (Lipinski definition) is 7. The molecule has 0 unspecified atom stereocenters. The molecule has 1 N–H and O–H groups in total. The van der Waals surface area contributed by atoms with E-state index in [1.807, 2.05) is 0 Å². The lowest BCUT2D eigenvalue weighted by Gasteiger charge is -2.26. The number of aryl methyl sites for hydroxylation is 1. The van der Waals surface area contributed by atoms with Gasteiger partial charge in [-0.2, -0.15) is 5.10 Å². The fourth-order valence-corrected chi connectivity index (χ4v) is 5.33. The third-order valence-corrected chi connectivity index (χ3v) is 7.76. The zero-order valence-corrected chi connectivity index (χ0v) is 23.1. The summed E-state index contributed by atoms with van der Waals surface area (Å²) in [4.78, 5) is 27.3. The van der Waals surface area contributed by atoms with Crippen molar-refractivity contribution < 1.29 is 41.0 Å². The van der Waals surface area contributed by atoms with Gasteiger partial charge in [-0.3, -0.25) is 14.5 Å². The smallest absolute Gasteiger partial charge is 0.411 e. The van der Waals surface area contributed by atoms with Gasteiger partial charge in [0.15, 0.2) is 12.5 Å². The number of rotatable bonds is 10. The first-order chi connectivity index (χ1) is 19.9. The molecule has 1 amide bonds. The van der Waals surface area contributed by atoms with Gasteiger partial charge in [-0.05, 0) is 55.0 Å². The van der Waals surface area contributed by atoms with E-state index < -0.39 is 69.0 Å². The summed E-state index contributed by atoms with van der Waals surface area (Å²) in [6, 6.07) is 8.67. The van der Waals surface area contributed by atoms with E-state index in [9.17, 15) is 22.4 Å². The summed E-state index contributed by atoms with van der Waals surface area (Å²) < 4.78 is 79.7. The molecule has 2 aromatic heterocycles. The molecule has 11 nitrogen and oxygen atoms in total. The van der Waals surface area contributed by atoms with Crippen LogP contribution < -0.4 is 4.31 Å². The van der Waals surface area contributed by atoms with Gasteiger partial charge >= 0.3 is 12.1 Å². The highest BCUT2D eigenvalue weighted by atomic mass is 32.2. The molecule has 4 rings (SSSR count). The minimum absolute atomic E-state index is 0.138. The highest BCUT2D eigenvalue weighted by Crippen LogP contribution is 2.38. The van der Waals surface area contributed by atoms with Gasteiger partial charge in [0.05, 0.1) is 16.1 Å². The van der Waals surface area contributed by atoms with Gasteiger partial charge in [-0.1, -0.05) is 6.07 Å².